The summed E-state index contributed by atoms with van der Waals surface area (Å²) in [5, 5.41) is 8.95. The number of piperidine rings is 1. The second-order valence-electron chi connectivity index (χ2n) is 3.49. The molecule has 1 saturated heterocycles. The molecule has 0 aromatic carbocycles. The summed E-state index contributed by atoms with van der Waals surface area (Å²) in [4.78, 5) is 2.46. The van der Waals surface area contributed by atoms with Crippen molar-refractivity contribution in [3.8, 4) is 0 Å². The van der Waals surface area contributed by atoms with Crippen LogP contribution < -0.4 is 0 Å². The van der Waals surface area contributed by atoms with E-state index >= 15 is 0 Å². The Morgan fingerprint density at radius 3 is 3.00 bits per heavy atom. The first-order valence-electron chi connectivity index (χ1n) is 4.70. The van der Waals surface area contributed by atoms with Gasteiger partial charge in [-0.2, -0.15) is 0 Å². The van der Waals surface area contributed by atoms with E-state index in [1.807, 2.05) is 0 Å². The molecule has 1 aliphatic rings. The van der Waals surface area contributed by atoms with E-state index in [4.69, 9.17) is 5.11 Å². The Morgan fingerprint density at radius 1 is 1.55 bits per heavy atom. The third-order valence-electron chi connectivity index (χ3n) is 2.40. The molecule has 2 nitrogen and oxygen atoms in total. The molecule has 1 heterocycles. The van der Waals surface area contributed by atoms with Crippen molar-refractivity contribution < 1.29 is 5.11 Å². The molecule has 66 valence electrons. The summed E-state index contributed by atoms with van der Waals surface area (Å²) < 4.78 is 0. The second kappa shape index (κ2) is 4.73. The van der Waals surface area contributed by atoms with Crippen molar-refractivity contribution >= 4 is 0 Å². The van der Waals surface area contributed by atoms with Gasteiger partial charge in [-0.25, -0.2) is 0 Å². The highest BCUT2D eigenvalue weighted by atomic mass is 16.3. The summed E-state index contributed by atoms with van der Waals surface area (Å²) in [6.45, 7) is 6.15. The number of hydrogen-bond donors (Lipinski definition) is 1. The predicted octanol–water partition coefficient (Wildman–Crippen LogP) is 1.10. The van der Waals surface area contributed by atoms with Crippen molar-refractivity contribution in [1.29, 1.82) is 0 Å². The molecule has 11 heavy (non-hydrogen) atoms. The van der Waals surface area contributed by atoms with Crippen LogP contribution in [0.5, 0.6) is 0 Å². The lowest BCUT2D eigenvalue weighted by molar-refractivity contribution is 0.121. The van der Waals surface area contributed by atoms with E-state index in [1.54, 1.807) is 0 Å². The van der Waals surface area contributed by atoms with Crippen LogP contribution >= 0.6 is 0 Å². The van der Waals surface area contributed by atoms with Crippen molar-refractivity contribution in [2.24, 2.45) is 5.92 Å². The van der Waals surface area contributed by atoms with E-state index in [0.717, 1.165) is 6.54 Å². The van der Waals surface area contributed by atoms with Crippen LogP contribution in [0.2, 0.25) is 0 Å². The molecule has 1 atom stereocenters. The predicted molar refractivity (Wildman–Crippen MR) is 46.5 cm³/mol. The van der Waals surface area contributed by atoms with Gasteiger partial charge < -0.3 is 10.0 Å². The Bertz CT molecular complexity index is 104. The quantitative estimate of drug-likeness (QED) is 0.663. The zero-order chi connectivity index (χ0) is 8.10. The Hall–Kier alpha value is -0.0800. The molecule has 1 rings (SSSR count). The van der Waals surface area contributed by atoms with Gasteiger partial charge in [-0.15, -0.1) is 0 Å². The van der Waals surface area contributed by atoms with Gasteiger partial charge in [-0.1, -0.05) is 6.92 Å². The normalized spacial score (nSPS) is 27.3. The first kappa shape index (κ1) is 9.01. The van der Waals surface area contributed by atoms with Crippen LogP contribution in [0.4, 0.5) is 0 Å². The average Bonchev–Trinajstić information content (AvgIpc) is 2.06. The molecule has 0 aliphatic carbocycles. The second-order valence-corrected chi connectivity index (χ2v) is 3.49. The van der Waals surface area contributed by atoms with Gasteiger partial charge in [0.2, 0.25) is 0 Å². The molecule has 0 unspecified atom stereocenters. The molecule has 1 aliphatic heterocycles. The van der Waals surface area contributed by atoms with Crippen LogP contribution in [0, 0.1) is 5.92 Å². The lowest BCUT2D eigenvalue weighted by atomic mass is 9.99. The fraction of sp³-hybridized carbons (Fsp3) is 1.00. The number of nitrogens with zero attached hydrogens (tertiary/aromatic N) is 1. The van der Waals surface area contributed by atoms with E-state index in [2.05, 4.69) is 11.8 Å². The fourth-order valence-corrected chi connectivity index (χ4v) is 1.82. The van der Waals surface area contributed by atoms with Gasteiger partial charge in [-0.3, -0.25) is 0 Å². The van der Waals surface area contributed by atoms with Gasteiger partial charge in [0.1, 0.15) is 0 Å². The van der Waals surface area contributed by atoms with E-state index < -0.39 is 0 Å². The Kier molecular flexibility index (Phi) is 3.87. The number of hydrogen-bond acceptors (Lipinski definition) is 2. The van der Waals surface area contributed by atoms with Crippen molar-refractivity contribution in [1.82, 2.24) is 4.90 Å². The Labute approximate surface area is 69.2 Å². The summed E-state index contributed by atoms with van der Waals surface area (Å²) in [6.07, 6.45) is 3.72. The van der Waals surface area contributed by atoms with Gasteiger partial charge in [0.25, 0.3) is 0 Å². The van der Waals surface area contributed by atoms with Gasteiger partial charge in [0, 0.05) is 13.2 Å². The molecule has 0 radical (unpaired) electrons. The number of likely N-dealkylation sites (tertiary alicyclic amines) is 1. The maximum atomic E-state index is 8.95. The van der Waals surface area contributed by atoms with Crippen LogP contribution in [0.3, 0.4) is 0 Å². The standard InChI is InChI=1S/C9H19NO/c1-2-5-10-6-3-4-9(7-10)8-11/h9,11H,2-8H2,1H3/t9-/m0/s1. The van der Waals surface area contributed by atoms with Crippen molar-refractivity contribution in [3.05, 3.63) is 0 Å². The van der Waals surface area contributed by atoms with Gasteiger partial charge in [0.05, 0.1) is 0 Å². The molecule has 0 bridgehead atoms. The highest BCUT2D eigenvalue weighted by Crippen LogP contribution is 2.15. The van der Waals surface area contributed by atoms with E-state index in [0.29, 0.717) is 12.5 Å². The fourth-order valence-electron chi connectivity index (χ4n) is 1.82. The first-order valence-corrected chi connectivity index (χ1v) is 4.70. The largest absolute Gasteiger partial charge is 0.396 e. The molecule has 0 amide bonds. The SMILES string of the molecule is CCCN1CCC[C@H](CO)C1. The Morgan fingerprint density at radius 2 is 2.36 bits per heavy atom. The third-order valence-corrected chi connectivity index (χ3v) is 2.40. The van der Waals surface area contributed by atoms with Gasteiger partial charge >= 0.3 is 0 Å². The van der Waals surface area contributed by atoms with Crippen LogP contribution in [0.1, 0.15) is 26.2 Å². The van der Waals surface area contributed by atoms with Crippen LogP contribution in [0.15, 0.2) is 0 Å². The summed E-state index contributed by atoms with van der Waals surface area (Å²) in [5.74, 6) is 0.551. The van der Waals surface area contributed by atoms with Gasteiger partial charge in [-0.05, 0) is 38.3 Å². The number of aliphatic hydroxyl groups is 1. The maximum Gasteiger partial charge on any atom is 0.0471 e. The first-order chi connectivity index (χ1) is 5.36. The third kappa shape index (κ3) is 2.80. The van der Waals surface area contributed by atoms with E-state index in [9.17, 15) is 0 Å². The zero-order valence-corrected chi connectivity index (χ0v) is 7.42. The van der Waals surface area contributed by atoms with Crippen LogP contribution in [-0.4, -0.2) is 36.2 Å². The van der Waals surface area contributed by atoms with E-state index in [-0.39, 0.29) is 0 Å². The van der Waals surface area contributed by atoms with Gasteiger partial charge in [0.15, 0.2) is 0 Å². The number of aliphatic hydroxyl groups excluding tert-OH is 1. The summed E-state index contributed by atoms with van der Waals surface area (Å²) in [7, 11) is 0. The summed E-state index contributed by atoms with van der Waals surface area (Å²) >= 11 is 0. The van der Waals surface area contributed by atoms with Crippen LogP contribution in [-0.2, 0) is 0 Å². The minimum Gasteiger partial charge on any atom is -0.396 e. The van der Waals surface area contributed by atoms with E-state index in [1.165, 1.54) is 32.4 Å². The topological polar surface area (TPSA) is 23.5 Å². The maximum absolute atomic E-state index is 8.95. The highest BCUT2D eigenvalue weighted by molar-refractivity contribution is 4.71. The van der Waals surface area contributed by atoms with Crippen LogP contribution in [0.25, 0.3) is 0 Å². The average molecular weight is 157 g/mol. The highest BCUT2D eigenvalue weighted by Gasteiger charge is 2.17. The molecule has 0 saturated carbocycles. The molecule has 1 fully saturated rings. The molecule has 0 aromatic heterocycles. The molecule has 2 heteroatoms. The lowest BCUT2D eigenvalue weighted by Crippen LogP contribution is -2.37. The molecule has 0 aromatic rings. The Balaban J connectivity index is 2.21. The summed E-state index contributed by atoms with van der Waals surface area (Å²) in [6, 6.07) is 0. The zero-order valence-electron chi connectivity index (χ0n) is 7.42. The number of rotatable bonds is 3. The van der Waals surface area contributed by atoms with Crippen molar-refractivity contribution in [3.63, 3.8) is 0 Å². The van der Waals surface area contributed by atoms with Crippen molar-refractivity contribution in [2.45, 2.75) is 26.2 Å². The molecule has 0 spiro atoms. The smallest absolute Gasteiger partial charge is 0.0471 e. The molecular weight excluding hydrogens is 138 g/mol. The molecular formula is C9H19NO. The minimum absolute atomic E-state index is 0.375. The lowest BCUT2D eigenvalue weighted by Gasteiger charge is -2.31. The van der Waals surface area contributed by atoms with Crippen molar-refractivity contribution in [2.75, 3.05) is 26.2 Å². The summed E-state index contributed by atoms with van der Waals surface area (Å²) in [5.41, 5.74) is 0. The monoisotopic (exact) mass is 157 g/mol. The minimum atomic E-state index is 0.375. The molecule has 1 N–H and O–H groups in total.